The summed E-state index contributed by atoms with van der Waals surface area (Å²) in [6.07, 6.45) is 2.61. The zero-order chi connectivity index (χ0) is 24.4. The number of rotatable bonds is 7. The monoisotopic (exact) mass is 490 g/mol. The maximum atomic E-state index is 13.8. The van der Waals surface area contributed by atoms with Crippen LogP contribution in [0.2, 0.25) is 0 Å². The third-order valence-electron chi connectivity index (χ3n) is 6.78. The Labute approximate surface area is 210 Å². The number of fused-ring (bicyclic) bond motifs is 2. The second-order valence-corrected chi connectivity index (χ2v) is 10.0. The second kappa shape index (κ2) is 10.1. The van der Waals surface area contributed by atoms with Crippen LogP contribution in [-0.4, -0.2) is 48.0 Å². The normalized spacial score (nSPS) is 16.2. The number of thiophene rings is 1. The molecule has 1 atom stereocenters. The highest BCUT2D eigenvalue weighted by molar-refractivity contribution is 7.10. The Balaban J connectivity index is 1.42. The van der Waals surface area contributed by atoms with Crippen LogP contribution in [0.15, 0.2) is 53.9 Å². The first-order chi connectivity index (χ1) is 17.1. The Morgan fingerprint density at radius 2 is 1.91 bits per heavy atom. The fourth-order valence-corrected chi connectivity index (χ4v) is 5.79. The van der Waals surface area contributed by atoms with E-state index in [1.807, 2.05) is 17.0 Å². The van der Waals surface area contributed by atoms with E-state index in [4.69, 9.17) is 9.47 Å². The molecule has 2 aliphatic rings. The fraction of sp³-hybridized carbons (Fsp3) is 0.357. The molecule has 0 saturated heterocycles. The Morgan fingerprint density at radius 1 is 1.09 bits per heavy atom. The lowest BCUT2D eigenvalue weighted by atomic mass is 9.90. The van der Waals surface area contributed by atoms with Crippen LogP contribution in [0, 0.1) is 6.92 Å². The van der Waals surface area contributed by atoms with Crippen LogP contribution in [0.3, 0.4) is 0 Å². The molecule has 182 valence electrons. The zero-order valence-electron chi connectivity index (χ0n) is 20.2. The number of nitrogens with zero attached hydrogens (tertiary/aromatic N) is 2. The summed E-state index contributed by atoms with van der Waals surface area (Å²) in [5.41, 5.74) is 4.01. The van der Waals surface area contributed by atoms with Crippen LogP contribution in [0.4, 0.5) is 0 Å². The first kappa shape index (κ1) is 23.4. The van der Waals surface area contributed by atoms with Gasteiger partial charge < -0.3 is 19.3 Å². The van der Waals surface area contributed by atoms with Gasteiger partial charge in [0.25, 0.3) is 5.91 Å². The van der Waals surface area contributed by atoms with Crippen molar-refractivity contribution >= 4 is 23.2 Å². The molecule has 7 heteroatoms. The minimum atomic E-state index is -0.161. The largest absolute Gasteiger partial charge is 0.454 e. The molecule has 0 spiro atoms. The number of unbranched alkanes of at least 4 members (excludes halogenated alkanes) is 1. The smallest absolute Gasteiger partial charge is 0.254 e. The molecule has 5 rings (SSSR count). The quantitative estimate of drug-likeness (QED) is 0.457. The molecule has 0 radical (unpaired) electrons. The summed E-state index contributed by atoms with van der Waals surface area (Å²) in [4.78, 5) is 32.3. The Bertz CT molecular complexity index is 1240. The minimum absolute atomic E-state index is 0.0275. The van der Waals surface area contributed by atoms with Crippen molar-refractivity contribution < 1.29 is 19.1 Å². The molecule has 0 saturated carbocycles. The molecular weight excluding hydrogens is 460 g/mol. The summed E-state index contributed by atoms with van der Waals surface area (Å²) < 4.78 is 10.8. The maximum absolute atomic E-state index is 13.8. The summed E-state index contributed by atoms with van der Waals surface area (Å²) in [5, 5.41) is 2.11. The molecule has 2 amide bonds. The van der Waals surface area contributed by atoms with Gasteiger partial charge in [-0.2, -0.15) is 0 Å². The van der Waals surface area contributed by atoms with Crippen molar-refractivity contribution in [1.29, 1.82) is 0 Å². The molecule has 0 aliphatic carbocycles. The molecule has 0 bridgehead atoms. The van der Waals surface area contributed by atoms with Gasteiger partial charge in [-0.25, -0.2) is 0 Å². The maximum Gasteiger partial charge on any atom is 0.254 e. The number of aryl methyl sites for hydroxylation is 1. The topological polar surface area (TPSA) is 59.1 Å². The number of hydrogen-bond donors (Lipinski definition) is 0. The molecule has 3 heterocycles. The predicted octanol–water partition coefficient (Wildman–Crippen LogP) is 5.20. The van der Waals surface area contributed by atoms with Crippen LogP contribution in [0.25, 0.3) is 0 Å². The first-order valence-electron chi connectivity index (χ1n) is 12.2. The van der Waals surface area contributed by atoms with Gasteiger partial charge in [0.1, 0.15) is 6.54 Å². The Hall–Kier alpha value is -3.32. The van der Waals surface area contributed by atoms with E-state index in [0.29, 0.717) is 30.2 Å². The second-order valence-electron chi connectivity index (χ2n) is 9.04. The molecule has 3 aromatic rings. The first-order valence-corrected chi connectivity index (χ1v) is 13.0. The highest BCUT2D eigenvalue weighted by atomic mass is 32.1. The van der Waals surface area contributed by atoms with E-state index in [-0.39, 0.29) is 31.2 Å². The summed E-state index contributed by atoms with van der Waals surface area (Å²) >= 11 is 1.76. The predicted molar refractivity (Wildman–Crippen MR) is 136 cm³/mol. The molecule has 1 aromatic heterocycles. The number of amides is 2. The zero-order valence-corrected chi connectivity index (χ0v) is 21.0. The van der Waals surface area contributed by atoms with Gasteiger partial charge in [-0.15, -0.1) is 11.3 Å². The van der Waals surface area contributed by atoms with Crippen molar-refractivity contribution in [3.05, 3.63) is 81.0 Å². The Kier molecular flexibility index (Phi) is 6.77. The van der Waals surface area contributed by atoms with Gasteiger partial charge in [0.05, 0.1) is 6.04 Å². The van der Waals surface area contributed by atoms with Gasteiger partial charge in [-0.3, -0.25) is 9.59 Å². The van der Waals surface area contributed by atoms with Gasteiger partial charge in [-0.05, 0) is 66.1 Å². The van der Waals surface area contributed by atoms with E-state index in [1.54, 1.807) is 34.4 Å². The van der Waals surface area contributed by atoms with Gasteiger partial charge in [0, 0.05) is 23.5 Å². The van der Waals surface area contributed by atoms with Crippen LogP contribution >= 0.6 is 11.3 Å². The van der Waals surface area contributed by atoms with Crippen molar-refractivity contribution in [1.82, 2.24) is 9.80 Å². The fourth-order valence-electron chi connectivity index (χ4n) is 4.88. The van der Waals surface area contributed by atoms with Crippen molar-refractivity contribution in [2.45, 2.75) is 39.2 Å². The minimum Gasteiger partial charge on any atom is -0.454 e. The molecule has 0 N–H and O–H groups in total. The SMILES string of the molecule is CCCCN(CC(=O)N1CCc2sccc2C1c1ccccc1C)C(=O)c1ccc2c(c1)OCO2. The summed E-state index contributed by atoms with van der Waals surface area (Å²) in [7, 11) is 0. The van der Waals surface area contributed by atoms with Crippen LogP contribution in [0.5, 0.6) is 11.5 Å². The number of benzene rings is 2. The molecule has 35 heavy (non-hydrogen) atoms. The molecule has 2 aromatic carbocycles. The van der Waals surface area contributed by atoms with Crippen LogP contribution in [0.1, 0.15) is 57.7 Å². The van der Waals surface area contributed by atoms with E-state index in [2.05, 4.69) is 37.4 Å². The highest BCUT2D eigenvalue weighted by Gasteiger charge is 2.34. The van der Waals surface area contributed by atoms with Crippen LogP contribution < -0.4 is 9.47 Å². The molecule has 0 fully saturated rings. The van der Waals surface area contributed by atoms with E-state index in [9.17, 15) is 9.59 Å². The average molecular weight is 491 g/mol. The summed E-state index contributed by atoms with van der Waals surface area (Å²) in [6, 6.07) is 15.5. The Morgan fingerprint density at radius 3 is 2.74 bits per heavy atom. The van der Waals surface area contributed by atoms with Gasteiger partial charge in [-0.1, -0.05) is 37.6 Å². The third-order valence-corrected chi connectivity index (χ3v) is 7.78. The lowest BCUT2D eigenvalue weighted by molar-refractivity contribution is -0.134. The molecule has 1 unspecified atom stereocenters. The molecular formula is C28H30N2O4S. The number of carbonyl (C=O) groups excluding carboxylic acids is 2. The highest BCUT2D eigenvalue weighted by Crippen LogP contribution is 2.39. The van der Waals surface area contributed by atoms with Crippen molar-refractivity contribution in [3.63, 3.8) is 0 Å². The van der Waals surface area contributed by atoms with Crippen LogP contribution in [-0.2, 0) is 11.2 Å². The summed E-state index contributed by atoms with van der Waals surface area (Å²) in [5.74, 6) is 1.02. The third kappa shape index (κ3) is 4.65. The lowest BCUT2D eigenvalue weighted by Gasteiger charge is -2.38. The number of ether oxygens (including phenoxy) is 2. The number of hydrogen-bond acceptors (Lipinski definition) is 5. The summed E-state index contributed by atoms with van der Waals surface area (Å²) in [6.45, 7) is 5.56. The molecule has 2 aliphatic heterocycles. The van der Waals surface area contributed by atoms with Gasteiger partial charge >= 0.3 is 0 Å². The lowest BCUT2D eigenvalue weighted by Crippen LogP contribution is -2.47. The van der Waals surface area contributed by atoms with E-state index in [1.165, 1.54) is 10.4 Å². The van der Waals surface area contributed by atoms with Crippen molar-refractivity contribution in [2.75, 3.05) is 26.4 Å². The van der Waals surface area contributed by atoms with E-state index in [0.717, 1.165) is 30.4 Å². The van der Waals surface area contributed by atoms with E-state index < -0.39 is 0 Å². The van der Waals surface area contributed by atoms with Gasteiger partial charge in [0.15, 0.2) is 11.5 Å². The van der Waals surface area contributed by atoms with Gasteiger partial charge in [0.2, 0.25) is 12.7 Å². The van der Waals surface area contributed by atoms with Crippen molar-refractivity contribution in [3.8, 4) is 11.5 Å². The molecule has 6 nitrogen and oxygen atoms in total. The van der Waals surface area contributed by atoms with E-state index >= 15 is 0 Å². The van der Waals surface area contributed by atoms with Crippen molar-refractivity contribution in [2.24, 2.45) is 0 Å². The average Bonchev–Trinajstić information content (AvgIpc) is 3.54. The number of carbonyl (C=O) groups is 2. The standard InChI is InChI=1S/C28H30N2O4S/c1-3-4-13-29(28(32)20-9-10-23-24(16-20)34-18-33-23)17-26(31)30-14-11-25-22(12-15-35-25)27(30)21-8-6-5-7-19(21)2/h5-10,12,15-16,27H,3-4,11,13-14,17-18H2,1-2H3.